The van der Waals surface area contributed by atoms with Crippen LogP contribution in [0.3, 0.4) is 0 Å². The summed E-state index contributed by atoms with van der Waals surface area (Å²) >= 11 is 0. The highest BCUT2D eigenvalue weighted by molar-refractivity contribution is 5.77. The number of hydrogen-bond acceptors (Lipinski definition) is 2. The Morgan fingerprint density at radius 1 is 1.38 bits per heavy atom. The largest absolute Gasteiger partial charge is 0.484 e. The summed E-state index contributed by atoms with van der Waals surface area (Å²) < 4.78 is 30.3. The molecule has 1 aromatic rings. The summed E-state index contributed by atoms with van der Waals surface area (Å²) in [6.45, 7) is -0.260. The van der Waals surface area contributed by atoms with E-state index in [4.69, 9.17) is 11.2 Å². The van der Waals surface area contributed by atoms with E-state index in [1.807, 2.05) is 0 Å². The summed E-state index contributed by atoms with van der Waals surface area (Å²) in [6, 6.07) is 2.68. The van der Waals surface area contributed by atoms with Gasteiger partial charge in [0, 0.05) is 18.2 Å². The van der Waals surface area contributed by atoms with Crippen LogP contribution in [0.4, 0.5) is 8.78 Å². The van der Waals surface area contributed by atoms with Crippen molar-refractivity contribution in [3.05, 3.63) is 29.8 Å². The number of carbonyl (C=O) groups excluding carboxylic acids is 1. The van der Waals surface area contributed by atoms with Crippen LogP contribution in [0.1, 0.15) is 0 Å². The summed E-state index contributed by atoms with van der Waals surface area (Å²) in [4.78, 5) is 11.0. The monoisotopic (exact) mass is 225 g/mol. The molecule has 0 heterocycles. The quantitative estimate of drug-likeness (QED) is 0.779. The minimum atomic E-state index is -0.765. The van der Waals surface area contributed by atoms with E-state index in [1.54, 1.807) is 0 Å². The van der Waals surface area contributed by atoms with Crippen LogP contribution < -0.4 is 10.1 Å². The lowest BCUT2D eigenvalue weighted by Gasteiger charge is -2.05. The van der Waals surface area contributed by atoms with E-state index in [0.29, 0.717) is 6.07 Å². The molecule has 1 N–H and O–H groups in total. The smallest absolute Gasteiger partial charge is 0.258 e. The molecular weight excluding hydrogens is 216 g/mol. The number of halogens is 2. The fourth-order valence-corrected chi connectivity index (χ4v) is 0.961. The maximum atomic E-state index is 12.7. The van der Waals surface area contributed by atoms with Gasteiger partial charge in [-0.25, -0.2) is 8.78 Å². The van der Waals surface area contributed by atoms with Gasteiger partial charge in [0.05, 0.1) is 6.54 Å². The van der Waals surface area contributed by atoms with Gasteiger partial charge in [-0.2, -0.15) is 0 Å². The average Bonchev–Trinajstić information content (AvgIpc) is 2.22. The molecule has 1 rings (SSSR count). The molecule has 84 valence electrons. The molecule has 0 saturated heterocycles. The summed E-state index contributed by atoms with van der Waals surface area (Å²) in [5, 5.41) is 2.34. The first-order valence-corrected chi connectivity index (χ1v) is 4.41. The predicted molar refractivity (Wildman–Crippen MR) is 53.7 cm³/mol. The van der Waals surface area contributed by atoms with Crippen LogP contribution in [0.2, 0.25) is 0 Å². The Morgan fingerprint density at radius 3 is 2.56 bits per heavy atom. The third kappa shape index (κ3) is 3.96. The zero-order valence-electron chi connectivity index (χ0n) is 8.30. The van der Waals surface area contributed by atoms with Gasteiger partial charge < -0.3 is 10.1 Å². The molecule has 3 nitrogen and oxygen atoms in total. The molecule has 0 fully saturated rings. The Balaban J connectivity index is 2.48. The van der Waals surface area contributed by atoms with Crippen LogP contribution in [-0.2, 0) is 4.79 Å². The fraction of sp³-hybridized carbons (Fsp3) is 0.182. The normalized spacial score (nSPS) is 9.31. The van der Waals surface area contributed by atoms with Gasteiger partial charge >= 0.3 is 0 Å². The Bertz CT molecular complexity index is 406. The minimum absolute atomic E-state index is 0.0478. The van der Waals surface area contributed by atoms with Gasteiger partial charge in [0.1, 0.15) is 17.4 Å². The topological polar surface area (TPSA) is 38.3 Å². The number of carbonyl (C=O) groups is 1. The third-order valence-corrected chi connectivity index (χ3v) is 1.59. The highest BCUT2D eigenvalue weighted by Gasteiger charge is 2.04. The van der Waals surface area contributed by atoms with Crippen LogP contribution in [0.15, 0.2) is 18.2 Å². The second-order valence-corrected chi connectivity index (χ2v) is 2.87. The van der Waals surface area contributed by atoms with Crippen molar-refractivity contribution in [2.24, 2.45) is 0 Å². The van der Waals surface area contributed by atoms with Crippen molar-refractivity contribution in [3.63, 3.8) is 0 Å². The zero-order chi connectivity index (χ0) is 12.0. The number of hydrogen-bond donors (Lipinski definition) is 1. The van der Waals surface area contributed by atoms with Crippen molar-refractivity contribution in [2.75, 3.05) is 13.2 Å². The second kappa shape index (κ2) is 5.71. The molecule has 0 aromatic heterocycles. The lowest BCUT2D eigenvalue weighted by molar-refractivity contribution is -0.122. The summed E-state index contributed by atoms with van der Waals surface area (Å²) in [5.74, 6) is 0.174. The van der Waals surface area contributed by atoms with Crippen LogP contribution >= 0.6 is 0 Å². The average molecular weight is 225 g/mol. The van der Waals surface area contributed by atoms with Gasteiger partial charge in [0.2, 0.25) is 0 Å². The van der Waals surface area contributed by atoms with Crippen molar-refractivity contribution >= 4 is 5.91 Å². The molecule has 0 atom stereocenters. The lowest BCUT2D eigenvalue weighted by Crippen LogP contribution is -2.29. The molecule has 0 spiro atoms. The van der Waals surface area contributed by atoms with Crippen LogP contribution in [0.5, 0.6) is 5.75 Å². The molecule has 0 saturated carbocycles. The SMILES string of the molecule is C#CCNC(=O)COc1cc(F)cc(F)c1. The number of rotatable bonds is 4. The Morgan fingerprint density at radius 2 is 2.00 bits per heavy atom. The van der Waals surface area contributed by atoms with E-state index < -0.39 is 17.5 Å². The van der Waals surface area contributed by atoms with E-state index in [-0.39, 0.29) is 18.9 Å². The van der Waals surface area contributed by atoms with Crippen molar-refractivity contribution in [1.82, 2.24) is 5.32 Å². The van der Waals surface area contributed by atoms with Gasteiger partial charge in [-0.05, 0) is 0 Å². The van der Waals surface area contributed by atoms with Gasteiger partial charge in [0.25, 0.3) is 5.91 Å². The van der Waals surface area contributed by atoms with Crippen LogP contribution in [0.25, 0.3) is 0 Å². The maximum Gasteiger partial charge on any atom is 0.258 e. The summed E-state index contributed by atoms with van der Waals surface area (Å²) in [6.07, 6.45) is 4.92. The van der Waals surface area contributed by atoms with Gasteiger partial charge in [-0.15, -0.1) is 6.42 Å². The van der Waals surface area contributed by atoms with Crippen LogP contribution in [-0.4, -0.2) is 19.1 Å². The standard InChI is InChI=1S/C11H9F2NO2/c1-2-3-14-11(15)7-16-10-5-8(12)4-9(13)6-10/h1,4-6H,3,7H2,(H,14,15). The highest BCUT2D eigenvalue weighted by Crippen LogP contribution is 2.14. The highest BCUT2D eigenvalue weighted by atomic mass is 19.1. The van der Waals surface area contributed by atoms with Crippen molar-refractivity contribution in [3.8, 4) is 18.1 Å². The minimum Gasteiger partial charge on any atom is -0.484 e. The van der Waals surface area contributed by atoms with E-state index in [9.17, 15) is 13.6 Å². The fourth-order valence-electron chi connectivity index (χ4n) is 0.961. The Hall–Kier alpha value is -2.09. The zero-order valence-corrected chi connectivity index (χ0v) is 8.30. The molecule has 0 unspecified atom stereocenters. The Labute approximate surface area is 91.4 Å². The summed E-state index contributed by atoms with van der Waals surface area (Å²) in [5.41, 5.74) is 0. The summed E-state index contributed by atoms with van der Waals surface area (Å²) in [7, 11) is 0. The van der Waals surface area contributed by atoms with Crippen molar-refractivity contribution in [2.45, 2.75) is 0 Å². The van der Waals surface area contributed by atoms with Crippen LogP contribution in [0, 0.1) is 24.0 Å². The molecule has 1 amide bonds. The molecule has 0 radical (unpaired) electrons. The number of nitrogens with one attached hydrogen (secondary N) is 1. The molecule has 1 aromatic carbocycles. The van der Waals surface area contributed by atoms with Gasteiger partial charge in [-0.1, -0.05) is 5.92 Å². The van der Waals surface area contributed by atoms with E-state index in [2.05, 4.69) is 11.2 Å². The van der Waals surface area contributed by atoms with Crippen molar-refractivity contribution < 1.29 is 18.3 Å². The molecule has 0 aliphatic rings. The first-order chi connectivity index (χ1) is 7.61. The molecule has 16 heavy (non-hydrogen) atoms. The number of terminal acetylenes is 1. The first kappa shape index (κ1) is 12.0. The Kier molecular flexibility index (Phi) is 4.28. The predicted octanol–water partition coefficient (Wildman–Crippen LogP) is 1.09. The molecule has 0 aliphatic carbocycles. The number of ether oxygens (including phenoxy) is 1. The third-order valence-electron chi connectivity index (χ3n) is 1.59. The van der Waals surface area contributed by atoms with E-state index in [1.165, 1.54) is 0 Å². The number of amides is 1. The maximum absolute atomic E-state index is 12.7. The molecule has 0 aliphatic heterocycles. The molecule has 5 heteroatoms. The first-order valence-electron chi connectivity index (χ1n) is 4.41. The number of benzene rings is 1. The van der Waals surface area contributed by atoms with E-state index >= 15 is 0 Å². The van der Waals surface area contributed by atoms with Gasteiger partial charge in [-0.3, -0.25) is 4.79 Å². The molecular formula is C11H9F2NO2. The van der Waals surface area contributed by atoms with Crippen molar-refractivity contribution in [1.29, 1.82) is 0 Å². The second-order valence-electron chi connectivity index (χ2n) is 2.87. The molecule has 0 bridgehead atoms. The van der Waals surface area contributed by atoms with E-state index in [0.717, 1.165) is 12.1 Å². The van der Waals surface area contributed by atoms with Gasteiger partial charge in [0.15, 0.2) is 6.61 Å². The lowest BCUT2D eigenvalue weighted by atomic mass is 10.3.